The molecule has 0 aromatic carbocycles. The van der Waals surface area contributed by atoms with Crippen LogP contribution in [0.2, 0.25) is 0 Å². The van der Waals surface area contributed by atoms with Crippen molar-refractivity contribution in [2.75, 3.05) is 18.8 Å². The lowest BCUT2D eigenvalue weighted by atomic mass is 10.1. The van der Waals surface area contributed by atoms with E-state index in [-0.39, 0.29) is 17.7 Å². The van der Waals surface area contributed by atoms with Gasteiger partial charge in [-0.1, -0.05) is 0 Å². The quantitative estimate of drug-likeness (QED) is 0.522. The lowest BCUT2D eigenvalue weighted by molar-refractivity contribution is -0.119. The molecule has 2 unspecified atom stereocenters. The van der Waals surface area contributed by atoms with Gasteiger partial charge >= 0.3 is 0 Å². The van der Waals surface area contributed by atoms with Crippen LogP contribution in [0, 0.1) is 0 Å². The highest BCUT2D eigenvalue weighted by atomic mass is 32.2. The summed E-state index contributed by atoms with van der Waals surface area (Å²) in [4.78, 5) is 11.0. The summed E-state index contributed by atoms with van der Waals surface area (Å²) < 4.78 is 18.7. The molecule has 5 nitrogen and oxygen atoms in total. The Bertz CT molecular complexity index is 204. The van der Waals surface area contributed by atoms with Crippen molar-refractivity contribution < 1.29 is 13.6 Å². The zero-order chi connectivity index (χ0) is 9.68. The molecule has 0 bridgehead atoms. The fourth-order valence-corrected chi connectivity index (χ4v) is 1.66. The number of carbonyl (C=O) groups is 1. The highest BCUT2D eigenvalue weighted by molar-refractivity contribution is 7.80. The Kier molecular flexibility index (Phi) is 4.34. The molecule has 1 aliphatic heterocycles. The summed E-state index contributed by atoms with van der Waals surface area (Å²) in [7, 11) is 0. The molecule has 0 aromatic rings. The lowest BCUT2D eigenvalue weighted by Gasteiger charge is -2.23. The molecule has 0 aromatic heterocycles. The average molecular weight is 206 g/mol. The van der Waals surface area contributed by atoms with Gasteiger partial charge in [0, 0.05) is 12.6 Å². The lowest BCUT2D eigenvalue weighted by Crippen LogP contribution is -2.46. The van der Waals surface area contributed by atoms with Gasteiger partial charge in [-0.3, -0.25) is 4.79 Å². The maximum atomic E-state index is 11.0. The first kappa shape index (κ1) is 10.6. The molecule has 2 atom stereocenters. The predicted molar refractivity (Wildman–Crippen MR) is 49.7 cm³/mol. The minimum atomic E-state index is -2.03. The number of piperidine rings is 1. The largest absolute Gasteiger partial charge is 0.351 e. The van der Waals surface area contributed by atoms with Crippen LogP contribution in [0.1, 0.15) is 12.8 Å². The van der Waals surface area contributed by atoms with E-state index in [4.69, 9.17) is 4.55 Å². The molecule has 1 heterocycles. The summed E-state index contributed by atoms with van der Waals surface area (Å²) in [6, 6.07) is 0.116. The molecule has 0 radical (unpaired) electrons. The van der Waals surface area contributed by atoms with Gasteiger partial charge in [0.15, 0.2) is 11.1 Å². The van der Waals surface area contributed by atoms with Crippen molar-refractivity contribution in [3.05, 3.63) is 0 Å². The third-order valence-corrected chi connectivity index (χ3v) is 2.43. The standard InChI is InChI=1S/C7H14N2O3S/c10-7(5-13(11)12)9-6-2-1-3-8-4-6/h6,8H,1-5H2,(H,9,10)(H,11,12). The molecule has 1 fully saturated rings. The molecule has 76 valence electrons. The molecule has 6 heteroatoms. The Morgan fingerprint density at radius 3 is 3.00 bits per heavy atom. The summed E-state index contributed by atoms with van der Waals surface area (Å²) in [5.74, 6) is -0.675. The van der Waals surface area contributed by atoms with Crippen LogP contribution in [0.5, 0.6) is 0 Å². The number of hydrogen-bond donors (Lipinski definition) is 3. The topological polar surface area (TPSA) is 78.4 Å². The Labute approximate surface area is 79.6 Å². The van der Waals surface area contributed by atoms with Crippen molar-refractivity contribution in [2.24, 2.45) is 0 Å². The van der Waals surface area contributed by atoms with Crippen molar-refractivity contribution in [1.82, 2.24) is 10.6 Å². The number of nitrogens with one attached hydrogen (secondary N) is 2. The summed E-state index contributed by atoms with van der Waals surface area (Å²) in [5, 5.41) is 5.84. The van der Waals surface area contributed by atoms with Gasteiger partial charge in [0.05, 0.1) is 0 Å². The summed E-state index contributed by atoms with van der Waals surface area (Å²) in [6.45, 7) is 1.74. The number of hydrogen-bond acceptors (Lipinski definition) is 3. The van der Waals surface area contributed by atoms with Crippen LogP contribution >= 0.6 is 0 Å². The highest BCUT2D eigenvalue weighted by Gasteiger charge is 2.15. The molecule has 0 saturated carbocycles. The zero-order valence-corrected chi connectivity index (χ0v) is 8.10. The van der Waals surface area contributed by atoms with Crippen LogP contribution in [0.15, 0.2) is 0 Å². The monoisotopic (exact) mass is 206 g/mol. The first-order valence-electron chi connectivity index (χ1n) is 4.26. The molecule has 1 aliphatic rings. The maximum Gasteiger partial charge on any atom is 0.235 e. The second-order valence-electron chi connectivity index (χ2n) is 3.08. The van der Waals surface area contributed by atoms with E-state index in [9.17, 15) is 9.00 Å². The summed E-state index contributed by atoms with van der Waals surface area (Å²) in [6.07, 6.45) is 1.98. The van der Waals surface area contributed by atoms with Gasteiger partial charge in [0.2, 0.25) is 5.91 Å². The Hall–Kier alpha value is -0.460. The summed E-state index contributed by atoms with van der Waals surface area (Å²) in [5.41, 5.74) is 0. The fraction of sp³-hybridized carbons (Fsp3) is 0.857. The normalized spacial score (nSPS) is 25.2. The van der Waals surface area contributed by atoms with Crippen LogP contribution in [-0.2, 0) is 15.9 Å². The molecular formula is C7H14N2O3S. The summed E-state index contributed by atoms with van der Waals surface area (Å²) >= 11 is -2.03. The van der Waals surface area contributed by atoms with E-state index >= 15 is 0 Å². The molecular weight excluding hydrogens is 192 g/mol. The van der Waals surface area contributed by atoms with Crippen molar-refractivity contribution >= 4 is 17.0 Å². The van der Waals surface area contributed by atoms with Crippen molar-refractivity contribution in [3.63, 3.8) is 0 Å². The minimum absolute atomic E-state index is 0.116. The minimum Gasteiger partial charge on any atom is -0.351 e. The Morgan fingerprint density at radius 2 is 2.46 bits per heavy atom. The van der Waals surface area contributed by atoms with Gasteiger partial charge in [-0.15, -0.1) is 0 Å². The SMILES string of the molecule is O=C(CS(=O)O)NC1CCCNC1. The van der Waals surface area contributed by atoms with Crippen molar-refractivity contribution in [2.45, 2.75) is 18.9 Å². The first-order valence-corrected chi connectivity index (χ1v) is 5.53. The van der Waals surface area contributed by atoms with E-state index in [1.54, 1.807) is 0 Å². The van der Waals surface area contributed by atoms with E-state index in [1.165, 1.54) is 0 Å². The fourth-order valence-electron chi connectivity index (χ4n) is 1.36. The predicted octanol–water partition coefficient (Wildman–Crippen LogP) is -0.924. The second-order valence-corrected chi connectivity index (χ2v) is 4.01. The van der Waals surface area contributed by atoms with Gasteiger partial charge < -0.3 is 15.2 Å². The van der Waals surface area contributed by atoms with Gasteiger partial charge in [0.25, 0.3) is 0 Å². The van der Waals surface area contributed by atoms with Gasteiger partial charge in [0.1, 0.15) is 5.75 Å². The number of rotatable bonds is 3. The number of carbonyl (C=O) groups excluding carboxylic acids is 1. The second kappa shape index (κ2) is 5.31. The third-order valence-electron chi connectivity index (χ3n) is 1.92. The van der Waals surface area contributed by atoms with Gasteiger partial charge in [-0.25, -0.2) is 4.21 Å². The number of amides is 1. The molecule has 0 aliphatic carbocycles. The molecule has 1 saturated heterocycles. The molecule has 3 N–H and O–H groups in total. The third kappa shape index (κ3) is 4.35. The smallest absolute Gasteiger partial charge is 0.235 e. The van der Waals surface area contributed by atoms with E-state index in [0.717, 1.165) is 25.9 Å². The highest BCUT2D eigenvalue weighted by Crippen LogP contribution is 2.00. The zero-order valence-electron chi connectivity index (χ0n) is 7.28. The van der Waals surface area contributed by atoms with E-state index in [1.807, 2.05) is 0 Å². The van der Waals surface area contributed by atoms with E-state index in [2.05, 4.69) is 10.6 Å². The van der Waals surface area contributed by atoms with Crippen LogP contribution in [-0.4, -0.2) is 39.6 Å². The van der Waals surface area contributed by atoms with Crippen LogP contribution < -0.4 is 10.6 Å². The van der Waals surface area contributed by atoms with Crippen molar-refractivity contribution in [3.8, 4) is 0 Å². The van der Waals surface area contributed by atoms with Crippen LogP contribution in [0.4, 0.5) is 0 Å². The van der Waals surface area contributed by atoms with E-state index in [0.29, 0.717) is 0 Å². The van der Waals surface area contributed by atoms with Crippen LogP contribution in [0.3, 0.4) is 0 Å². The maximum absolute atomic E-state index is 11.0. The van der Waals surface area contributed by atoms with Gasteiger partial charge in [-0.05, 0) is 19.4 Å². The van der Waals surface area contributed by atoms with E-state index < -0.39 is 11.1 Å². The Morgan fingerprint density at radius 1 is 1.69 bits per heavy atom. The van der Waals surface area contributed by atoms with Crippen molar-refractivity contribution in [1.29, 1.82) is 0 Å². The average Bonchev–Trinajstić information content (AvgIpc) is 2.04. The molecule has 1 rings (SSSR count). The van der Waals surface area contributed by atoms with Gasteiger partial charge in [-0.2, -0.15) is 0 Å². The Balaban J connectivity index is 2.22. The molecule has 13 heavy (non-hydrogen) atoms. The molecule has 1 amide bonds. The van der Waals surface area contributed by atoms with Crippen LogP contribution in [0.25, 0.3) is 0 Å². The molecule has 0 spiro atoms. The first-order chi connectivity index (χ1) is 6.18.